The van der Waals surface area contributed by atoms with Gasteiger partial charge in [-0.15, -0.1) is 0 Å². The first-order chi connectivity index (χ1) is 15.1. The zero-order chi connectivity index (χ0) is 21.8. The minimum absolute atomic E-state index is 0.0881. The maximum absolute atomic E-state index is 13.2. The van der Waals surface area contributed by atoms with Gasteiger partial charge in [-0.1, -0.05) is 30.9 Å². The number of rotatable bonds is 5. The number of carbonyl (C=O) groups excluding carboxylic acids is 2. The van der Waals surface area contributed by atoms with Crippen molar-refractivity contribution in [3.8, 4) is 11.4 Å². The van der Waals surface area contributed by atoms with Crippen LogP contribution < -0.4 is 10.1 Å². The van der Waals surface area contributed by atoms with E-state index in [1.54, 1.807) is 19.2 Å². The Hall–Kier alpha value is -2.47. The smallest absolute Gasteiger partial charge is 0.257 e. The summed E-state index contributed by atoms with van der Waals surface area (Å²) in [6.07, 6.45) is 10.9. The molecule has 0 radical (unpaired) electrons. The normalized spacial score (nSPS) is 18.1. The highest BCUT2D eigenvalue weighted by Crippen LogP contribution is 2.31. The van der Waals surface area contributed by atoms with Gasteiger partial charge in [0.15, 0.2) is 0 Å². The van der Waals surface area contributed by atoms with Gasteiger partial charge in [-0.3, -0.25) is 9.59 Å². The van der Waals surface area contributed by atoms with Crippen molar-refractivity contribution in [2.24, 2.45) is 5.92 Å². The Morgan fingerprint density at radius 2 is 1.71 bits per heavy atom. The van der Waals surface area contributed by atoms with Gasteiger partial charge in [0.25, 0.3) is 5.91 Å². The van der Waals surface area contributed by atoms with Crippen LogP contribution >= 0.6 is 11.6 Å². The van der Waals surface area contributed by atoms with Gasteiger partial charge < -0.3 is 19.5 Å². The number of carbonyl (C=O) groups is 2. The Morgan fingerprint density at radius 3 is 2.35 bits per heavy atom. The van der Waals surface area contributed by atoms with E-state index in [2.05, 4.69) is 5.32 Å². The van der Waals surface area contributed by atoms with Crippen LogP contribution in [0.25, 0.3) is 5.69 Å². The molecular formula is C24H30ClN3O3. The second-order valence-corrected chi connectivity index (χ2v) is 8.91. The lowest BCUT2D eigenvalue weighted by molar-refractivity contribution is -0.126. The van der Waals surface area contributed by atoms with Crippen molar-refractivity contribution in [3.63, 3.8) is 0 Å². The van der Waals surface area contributed by atoms with Crippen molar-refractivity contribution < 1.29 is 14.3 Å². The van der Waals surface area contributed by atoms with E-state index < -0.39 is 0 Å². The van der Waals surface area contributed by atoms with E-state index in [0.29, 0.717) is 29.4 Å². The maximum Gasteiger partial charge on any atom is 0.257 e. The minimum atomic E-state index is -0.0881. The summed E-state index contributed by atoms with van der Waals surface area (Å²) < 4.78 is 7.40. The monoisotopic (exact) mass is 443 g/mol. The van der Waals surface area contributed by atoms with E-state index in [-0.39, 0.29) is 23.8 Å². The summed E-state index contributed by atoms with van der Waals surface area (Å²) in [6, 6.07) is 7.46. The molecule has 1 saturated carbocycles. The number of halogens is 1. The van der Waals surface area contributed by atoms with Crippen LogP contribution in [-0.4, -0.2) is 47.5 Å². The van der Waals surface area contributed by atoms with Gasteiger partial charge in [-0.2, -0.15) is 0 Å². The van der Waals surface area contributed by atoms with E-state index in [4.69, 9.17) is 16.3 Å². The SMILES string of the molecule is COc1cc(-n2cccc2)c(Cl)cc1C(=O)N1CCC(NC(=O)C2CCCCC2)CC1. The molecule has 166 valence electrons. The van der Waals surface area contributed by atoms with E-state index >= 15 is 0 Å². The quantitative estimate of drug-likeness (QED) is 0.742. The van der Waals surface area contributed by atoms with Crippen molar-refractivity contribution in [2.45, 2.75) is 51.0 Å². The first-order valence-corrected chi connectivity index (χ1v) is 11.5. The molecule has 0 atom stereocenters. The van der Waals surface area contributed by atoms with Crippen LogP contribution in [0.2, 0.25) is 5.02 Å². The summed E-state index contributed by atoms with van der Waals surface area (Å²) in [4.78, 5) is 27.6. The number of likely N-dealkylation sites (tertiary alicyclic amines) is 1. The molecule has 0 bridgehead atoms. The molecule has 7 heteroatoms. The van der Waals surface area contributed by atoms with Crippen LogP contribution in [0.1, 0.15) is 55.3 Å². The van der Waals surface area contributed by atoms with E-state index in [9.17, 15) is 9.59 Å². The molecule has 0 unspecified atom stereocenters. The second kappa shape index (κ2) is 9.77. The summed E-state index contributed by atoms with van der Waals surface area (Å²) in [5.74, 6) is 0.776. The van der Waals surface area contributed by atoms with E-state index in [1.165, 1.54) is 6.42 Å². The van der Waals surface area contributed by atoms with Gasteiger partial charge in [0.2, 0.25) is 5.91 Å². The number of amides is 2. The fourth-order valence-electron chi connectivity index (χ4n) is 4.65. The molecule has 4 rings (SSSR count). The van der Waals surface area contributed by atoms with Gasteiger partial charge in [-0.05, 0) is 43.9 Å². The number of benzene rings is 1. The summed E-state index contributed by atoms with van der Waals surface area (Å²) >= 11 is 6.49. The zero-order valence-electron chi connectivity index (χ0n) is 18.0. The molecule has 2 aromatic rings. The molecule has 1 saturated heterocycles. The lowest BCUT2D eigenvalue weighted by Crippen LogP contribution is -2.48. The Morgan fingerprint density at radius 1 is 1.03 bits per heavy atom. The molecule has 2 heterocycles. The lowest BCUT2D eigenvalue weighted by atomic mass is 9.88. The first kappa shape index (κ1) is 21.8. The number of hydrogen-bond donors (Lipinski definition) is 1. The molecule has 0 spiro atoms. The van der Waals surface area contributed by atoms with E-state index in [1.807, 2.05) is 34.0 Å². The molecule has 6 nitrogen and oxygen atoms in total. The third-order valence-corrected chi connectivity index (χ3v) is 6.79. The molecule has 2 fully saturated rings. The van der Waals surface area contributed by atoms with Crippen LogP contribution in [0.4, 0.5) is 0 Å². The number of aromatic nitrogens is 1. The Labute approximate surface area is 188 Å². The third kappa shape index (κ3) is 4.90. The standard InChI is InChI=1S/C24H30ClN3O3/c1-31-22-16-21(27-11-5-6-12-27)20(25)15-19(22)24(30)28-13-9-18(10-14-28)26-23(29)17-7-3-2-4-8-17/h5-6,11-12,15-18H,2-4,7-10,13-14H2,1H3,(H,26,29). The van der Waals surface area contributed by atoms with Gasteiger partial charge in [0, 0.05) is 43.5 Å². The molecule has 1 aromatic carbocycles. The number of ether oxygens (including phenoxy) is 1. The van der Waals surface area contributed by atoms with Crippen LogP contribution in [0, 0.1) is 5.92 Å². The number of nitrogens with one attached hydrogen (secondary N) is 1. The lowest BCUT2D eigenvalue weighted by Gasteiger charge is -2.34. The zero-order valence-corrected chi connectivity index (χ0v) is 18.7. The predicted molar refractivity (Wildman–Crippen MR) is 121 cm³/mol. The molecule has 2 aliphatic rings. The Bertz CT molecular complexity index is 914. The molecule has 1 aromatic heterocycles. The van der Waals surface area contributed by atoms with Crippen molar-refractivity contribution in [1.29, 1.82) is 0 Å². The average Bonchev–Trinajstić information content (AvgIpc) is 3.34. The van der Waals surface area contributed by atoms with Crippen LogP contribution in [-0.2, 0) is 4.79 Å². The van der Waals surface area contributed by atoms with Crippen LogP contribution in [0.15, 0.2) is 36.7 Å². The Balaban J connectivity index is 1.39. The molecule has 1 aliphatic carbocycles. The highest BCUT2D eigenvalue weighted by atomic mass is 35.5. The second-order valence-electron chi connectivity index (χ2n) is 8.50. The summed E-state index contributed by atoms with van der Waals surface area (Å²) in [6.45, 7) is 1.21. The van der Waals surface area contributed by atoms with Crippen molar-refractivity contribution in [1.82, 2.24) is 14.8 Å². The summed E-state index contributed by atoms with van der Waals surface area (Å²) in [5, 5.41) is 3.71. The van der Waals surface area contributed by atoms with E-state index in [0.717, 1.165) is 44.2 Å². The minimum Gasteiger partial charge on any atom is -0.496 e. The Kier molecular flexibility index (Phi) is 6.86. The average molecular weight is 444 g/mol. The van der Waals surface area contributed by atoms with Crippen LogP contribution in [0.5, 0.6) is 5.75 Å². The molecule has 31 heavy (non-hydrogen) atoms. The van der Waals surface area contributed by atoms with Crippen molar-refractivity contribution >= 4 is 23.4 Å². The third-order valence-electron chi connectivity index (χ3n) is 6.49. The highest BCUT2D eigenvalue weighted by molar-refractivity contribution is 6.33. The molecule has 1 aliphatic heterocycles. The number of nitrogens with zero attached hydrogens (tertiary/aromatic N) is 2. The van der Waals surface area contributed by atoms with Crippen LogP contribution in [0.3, 0.4) is 0 Å². The number of methoxy groups -OCH3 is 1. The molecule has 2 amide bonds. The van der Waals surface area contributed by atoms with Gasteiger partial charge in [0.05, 0.1) is 23.4 Å². The van der Waals surface area contributed by atoms with Gasteiger partial charge in [-0.25, -0.2) is 0 Å². The van der Waals surface area contributed by atoms with Gasteiger partial charge >= 0.3 is 0 Å². The molecular weight excluding hydrogens is 414 g/mol. The topological polar surface area (TPSA) is 63.6 Å². The fourth-order valence-corrected chi connectivity index (χ4v) is 4.91. The van der Waals surface area contributed by atoms with Gasteiger partial charge in [0.1, 0.15) is 5.75 Å². The maximum atomic E-state index is 13.2. The first-order valence-electron chi connectivity index (χ1n) is 11.2. The highest BCUT2D eigenvalue weighted by Gasteiger charge is 2.29. The largest absolute Gasteiger partial charge is 0.496 e. The van der Waals surface area contributed by atoms with Crippen molar-refractivity contribution in [3.05, 3.63) is 47.2 Å². The summed E-state index contributed by atoms with van der Waals surface area (Å²) in [7, 11) is 1.56. The number of piperidine rings is 1. The predicted octanol–water partition coefficient (Wildman–Crippen LogP) is 4.44. The number of hydrogen-bond acceptors (Lipinski definition) is 3. The molecule has 1 N–H and O–H groups in total. The fraction of sp³-hybridized carbons (Fsp3) is 0.500. The van der Waals surface area contributed by atoms with Crippen molar-refractivity contribution in [2.75, 3.05) is 20.2 Å². The summed E-state index contributed by atoms with van der Waals surface area (Å²) in [5.41, 5.74) is 1.23.